The maximum Gasteiger partial charge on any atom is 0.242 e. The lowest BCUT2D eigenvalue weighted by Gasteiger charge is -2.37. The monoisotopic (exact) mass is 391 g/mol. The van der Waals surface area contributed by atoms with Gasteiger partial charge in [0.15, 0.2) is 0 Å². The molecule has 0 atom stereocenters. The van der Waals surface area contributed by atoms with E-state index in [0.29, 0.717) is 13.1 Å². The number of para-hydroxylation sites is 3. The van der Waals surface area contributed by atoms with Crippen LogP contribution >= 0.6 is 0 Å². The number of fused-ring (bicyclic) bond motifs is 1. The molecule has 29 heavy (non-hydrogen) atoms. The van der Waals surface area contributed by atoms with E-state index in [1.54, 1.807) is 13.4 Å². The molecule has 2 aromatic carbocycles. The first-order valence-corrected chi connectivity index (χ1v) is 9.74. The quantitative estimate of drug-likeness (QED) is 0.666. The summed E-state index contributed by atoms with van der Waals surface area (Å²) in [4.78, 5) is 27.7. The first-order chi connectivity index (χ1) is 14.2. The van der Waals surface area contributed by atoms with E-state index < -0.39 is 0 Å². The van der Waals surface area contributed by atoms with E-state index in [2.05, 4.69) is 20.9 Å². The predicted octanol–water partition coefficient (Wildman–Crippen LogP) is 2.42. The van der Waals surface area contributed by atoms with Crippen molar-refractivity contribution in [1.82, 2.24) is 14.9 Å². The van der Waals surface area contributed by atoms with Gasteiger partial charge in [0, 0.05) is 38.6 Å². The van der Waals surface area contributed by atoms with E-state index in [-0.39, 0.29) is 12.5 Å². The molecule has 0 N–H and O–H groups in total. The van der Waals surface area contributed by atoms with Crippen molar-refractivity contribution in [1.29, 1.82) is 0 Å². The Kier molecular flexibility index (Phi) is 5.46. The fraction of sp³-hybridized carbons (Fsp3) is 0.318. The average Bonchev–Trinajstić information content (AvgIpc) is 2.78. The maximum absolute atomic E-state index is 12.9. The number of rotatable bonds is 5. The number of hydrogen-bond acceptors (Lipinski definition) is 6. The number of carbonyl (C=O) groups is 1. The highest BCUT2D eigenvalue weighted by atomic mass is 16.5. The van der Waals surface area contributed by atoms with Crippen LogP contribution in [0.25, 0.3) is 10.9 Å². The third kappa shape index (κ3) is 3.94. The van der Waals surface area contributed by atoms with Gasteiger partial charge >= 0.3 is 0 Å². The Morgan fingerprint density at radius 3 is 2.55 bits per heavy atom. The number of aromatic nitrogens is 2. The summed E-state index contributed by atoms with van der Waals surface area (Å²) < 4.78 is 5.47. The second-order valence-corrected chi connectivity index (χ2v) is 7.11. The first-order valence-electron chi connectivity index (χ1n) is 9.74. The van der Waals surface area contributed by atoms with Gasteiger partial charge in [-0.15, -0.1) is 0 Å². The van der Waals surface area contributed by atoms with E-state index in [1.807, 2.05) is 59.3 Å². The minimum atomic E-state index is 0.106. The van der Waals surface area contributed by atoms with Crippen molar-refractivity contribution in [3.05, 3.63) is 54.9 Å². The zero-order valence-corrected chi connectivity index (χ0v) is 16.8. The molecular weight excluding hydrogens is 366 g/mol. The van der Waals surface area contributed by atoms with Crippen LogP contribution in [0, 0.1) is 0 Å². The van der Waals surface area contributed by atoms with Crippen molar-refractivity contribution in [2.45, 2.75) is 0 Å². The Balaban J connectivity index is 1.40. The summed E-state index contributed by atoms with van der Waals surface area (Å²) in [6.07, 6.45) is 1.55. The van der Waals surface area contributed by atoms with Crippen LogP contribution in [-0.4, -0.2) is 67.7 Å². The van der Waals surface area contributed by atoms with Crippen molar-refractivity contribution >= 4 is 28.3 Å². The second kappa shape index (κ2) is 8.34. The molecule has 150 valence electrons. The van der Waals surface area contributed by atoms with Crippen molar-refractivity contribution in [2.24, 2.45) is 0 Å². The normalized spacial score (nSPS) is 14.1. The van der Waals surface area contributed by atoms with Crippen LogP contribution in [-0.2, 0) is 4.79 Å². The summed E-state index contributed by atoms with van der Waals surface area (Å²) in [6.45, 7) is 3.23. The SMILES string of the molecule is COc1ccccc1N1CCN(C(=O)CN(C)c2ncnc3ccccc23)CC1. The summed E-state index contributed by atoms with van der Waals surface area (Å²) in [7, 11) is 3.59. The molecule has 0 radical (unpaired) electrons. The molecule has 1 aliphatic heterocycles. The molecule has 1 aromatic heterocycles. The van der Waals surface area contributed by atoms with Gasteiger partial charge in [-0.2, -0.15) is 0 Å². The first kappa shape index (κ1) is 19.0. The standard InChI is InChI=1S/C22H25N5O2/c1-25(22-17-7-3-4-8-18(17)23-16-24-22)15-21(28)27-13-11-26(12-14-27)19-9-5-6-10-20(19)29-2/h3-10,16H,11-15H2,1-2H3. The number of methoxy groups -OCH3 is 1. The number of amides is 1. The fourth-order valence-electron chi connectivity index (χ4n) is 3.76. The fourth-order valence-corrected chi connectivity index (χ4v) is 3.76. The van der Waals surface area contributed by atoms with Gasteiger partial charge in [-0.05, 0) is 24.3 Å². The highest BCUT2D eigenvalue weighted by Gasteiger charge is 2.24. The molecule has 0 aliphatic carbocycles. The van der Waals surface area contributed by atoms with Gasteiger partial charge in [0.25, 0.3) is 0 Å². The number of benzene rings is 2. The van der Waals surface area contributed by atoms with E-state index in [9.17, 15) is 4.79 Å². The Labute approximate surface area is 170 Å². The number of carbonyl (C=O) groups excluding carboxylic acids is 1. The lowest BCUT2D eigenvalue weighted by molar-refractivity contribution is -0.129. The van der Waals surface area contributed by atoms with E-state index in [0.717, 1.165) is 41.2 Å². The molecule has 2 heterocycles. The van der Waals surface area contributed by atoms with Gasteiger partial charge in [0.1, 0.15) is 17.9 Å². The Morgan fingerprint density at radius 1 is 1.03 bits per heavy atom. The molecule has 1 saturated heterocycles. The van der Waals surface area contributed by atoms with Crippen LogP contribution in [0.5, 0.6) is 5.75 Å². The van der Waals surface area contributed by atoms with Crippen molar-refractivity contribution in [3.8, 4) is 5.75 Å². The number of hydrogen-bond donors (Lipinski definition) is 0. The highest BCUT2D eigenvalue weighted by Crippen LogP contribution is 2.28. The van der Waals surface area contributed by atoms with Gasteiger partial charge < -0.3 is 19.4 Å². The minimum absolute atomic E-state index is 0.106. The Morgan fingerprint density at radius 2 is 1.76 bits per heavy atom. The Hall–Kier alpha value is -3.35. The summed E-state index contributed by atoms with van der Waals surface area (Å²) in [6, 6.07) is 15.8. The molecular formula is C22H25N5O2. The van der Waals surface area contributed by atoms with Crippen molar-refractivity contribution in [3.63, 3.8) is 0 Å². The third-order valence-corrected chi connectivity index (χ3v) is 5.31. The van der Waals surface area contributed by atoms with E-state index in [4.69, 9.17) is 4.74 Å². The maximum atomic E-state index is 12.9. The predicted molar refractivity (Wildman–Crippen MR) is 115 cm³/mol. The lowest BCUT2D eigenvalue weighted by atomic mass is 10.2. The van der Waals surface area contributed by atoms with Gasteiger partial charge in [0.2, 0.25) is 5.91 Å². The molecule has 1 amide bonds. The minimum Gasteiger partial charge on any atom is -0.495 e. The zero-order valence-electron chi connectivity index (χ0n) is 16.8. The molecule has 0 spiro atoms. The smallest absolute Gasteiger partial charge is 0.242 e. The lowest BCUT2D eigenvalue weighted by Crippen LogP contribution is -2.51. The highest BCUT2D eigenvalue weighted by molar-refractivity contribution is 5.91. The molecule has 0 bridgehead atoms. The molecule has 1 fully saturated rings. The largest absolute Gasteiger partial charge is 0.495 e. The van der Waals surface area contributed by atoms with E-state index in [1.165, 1.54) is 0 Å². The number of anilines is 2. The van der Waals surface area contributed by atoms with Gasteiger partial charge in [0.05, 0.1) is 24.9 Å². The van der Waals surface area contributed by atoms with Crippen LogP contribution in [0.1, 0.15) is 0 Å². The van der Waals surface area contributed by atoms with E-state index >= 15 is 0 Å². The number of piperazine rings is 1. The van der Waals surface area contributed by atoms with Gasteiger partial charge in [-0.3, -0.25) is 4.79 Å². The number of nitrogens with zero attached hydrogens (tertiary/aromatic N) is 5. The number of likely N-dealkylation sites (N-methyl/N-ethyl adjacent to an activating group) is 1. The van der Waals surface area contributed by atoms with Gasteiger partial charge in [-0.1, -0.05) is 24.3 Å². The summed E-state index contributed by atoms with van der Waals surface area (Å²) in [5.74, 6) is 1.74. The average molecular weight is 391 g/mol. The number of ether oxygens (including phenoxy) is 1. The van der Waals surface area contributed by atoms with Crippen LogP contribution in [0.3, 0.4) is 0 Å². The van der Waals surface area contributed by atoms with Crippen LogP contribution in [0.2, 0.25) is 0 Å². The molecule has 7 nitrogen and oxygen atoms in total. The van der Waals surface area contributed by atoms with Crippen LogP contribution in [0.15, 0.2) is 54.9 Å². The summed E-state index contributed by atoms with van der Waals surface area (Å²) in [5.41, 5.74) is 1.95. The van der Waals surface area contributed by atoms with Crippen LogP contribution in [0.4, 0.5) is 11.5 Å². The van der Waals surface area contributed by atoms with Crippen LogP contribution < -0.4 is 14.5 Å². The molecule has 1 aliphatic rings. The molecule has 4 rings (SSSR count). The van der Waals surface area contributed by atoms with Crippen molar-refractivity contribution < 1.29 is 9.53 Å². The summed E-state index contributed by atoms with van der Waals surface area (Å²) >= 11 is 0. The second-order valence-electron chi connectivity index (χ2n) is 7.11. The Bertz CT molecular complexity index is 996. The topological polar surface area (TPSA) is 61.8 Å². The molecule has 3 aromatic rings. The molecule has 0 saturated carbocycles. The third-order valence-electron chi connectivity index (χ3n) is 5.31. The van der Waals surface area contributed by atoms with Gasteiger partial charge in [-0.25, -0.2) is 9.97 Å². The van der Waals surface area contributed by atoms with Crippen molar-refractivity contribution in [2.75, 3.05) is 56.7 Å². The zero-order chi connectivity index (χ0) is 20.2. The summed E-state index contributed by atoms with van der Waals surface area (Å²) in [5, 5.41) is 0.950. The molecule has 0 unspecified atom stereocenters. The molecule has 7 heteroatoms.